The van der Waals surface area contributed by atoms with E-state index >= 15 is 0 Å². The van der Waals surface area contributed by atoms with Crippen molar-refractivity contribution in [3.63, 3.8) is 0 Å². The van der Waals surface area contributed by atoms with E-state index in [9.17, 15) is 18.0 Å². The van der Waals surface area contributed by atoms with E-state index in [4.69, 9.17) is 4.74 Å². The molecule has 1 saturated heterocycles. The average Bonchev–Trinajstić information content (AvgIpc) is 3.13. The molecule has 1 aliphatic heterocycles. The fraction of sp³-hybridized carbons (Fsp3) is 0.600. The molecule has 154 valence electrons. The number of nitrogens with one attached hydrogen (secondary N) is 1. The average molecular weight is 409 g/mol. The molecule has 2 aliphatic rings. The maximum atomic E-state index is 12.5. The van der Waals surface area contributed by atoms with E-state index in [-0.39, 0.29) is 29.0 Å². The molecule has 1 saturated carbocycles. The number of hydrogen-bond donors (Lipinski definition) is 1. The van der Waals surface area contributed by atoms with Crippen molar-refractivity contribution in [1.29, 1.82) is 0 Å². The zero-order valence-electron chi connectivity index (χ0n) is 16.1. The van der Waals surface area contributed by atoms with Crippen molar-refractivity contribution in [3.05, 3.63) is 29.8 Å². The number of hydrogen-bond acceptors (Lipinski definition) is 5. The molecule has 1 aromatic rings. The van der Waals surface area contributed by atoms with E-state index < -0.39 is 16.0 Å². The van der Waals surface area contributed by atoms with Gasteiger partial charge in [0.15, 0.2) is 6.61 Å². The van der Waals surface area contributed by atoms with Crippen LogP contribution in [0.2, 0.25) is 0 Å². The molecular formula is C20H28N2O5S. The van der Waals surface area contributed by atoms with Gasteiger partial charge in [-0.2, -0.15) is 4.31 Å². The third-order valence-electron chi connectivity index (χ3n) is 5.35. The highest BCUT2D eigenvalue weighted by molar-refractivity contribution is 7.89. The predicted molar refractivity (Wildman–Crippen MR) is 104 cm³/mol. The van der Waals surface area contributed by atoms with Crippen LogP contribution >= 0.6 is 0 Å². The number of benzene rings is 1. The number of carbonyl (C=O) groups is 2. The maximum absolute atomic E-state index is 12.5. The fourth-order valence-corrected chi connectivity index (χ4v) is 5.27. The van der Waals surface area contributed by atoms with Gasteiger partial charge in [-0.3, -0.25) is 4.79 Å². The van der Waals surface area contributed by atoms with Crippen LogP contribution in [0.25, 0.3) is 0 Å². The van der Waals surface area contributed by atoms with Crippen molar-refractivity contribution in [2.75, 3.05) is 19.7 Å². The molecular weight excluding hydrogens is 380 g/mol. The van der Waals surface area contributed by atoms with Crippen LogP contribution in [0.4, 0.5) is 0 Å². The number of amides is 1. The summed E-state index contributed by atoms with van der Waals surface area (Å²) in [4.78, 5) is 24.3. The van der Waals surface area contributed by atoms with Crippen LogP contribution in [0.3, 0.4) is 0 Å². The van der Waals surface area contributed by atoms with Gasteiger partial charge < -0.3 is 10.1 Å². The van der Waals surface area contributed by atoms with Crippen LogP contribution in [0.15, 0.2) is 29.2 Å². The number of rotatable bonds is 6. The summed E-state index contributed by atoms with van der Waals surface area (Å²) in [6.07, 6.45) is 8.28. The first-order valence-electron chi connectivity index (χ1n) is 10.0. The van der Waals surface area contributed by atoms with Crippen molar-refractivity contribution in [2.45, 2.75) is 62.3 Å². The Morgan fingerprint density at radius 2 is 1.57 bits per heavy atom. The monoisotopic (exact) mass is 408 g/mol. The van der Waals surface area contributed by atoms with Crippen molar-refractivity contribution >= 4 is 21.9 Å². The van der Waals surface area contributed by atoms with E-state index in [1.807, 2.05) is 0 Å². The van der Waals surface area contributed by atoms with E-state index in [0.717, 1.165) is 38.5 Å². The third kappa shape index (κ3) is 5.32. The molecule has 1 aliphatic carbocycles. The fourth-order valence-electron chi connectivity index (χ4n) is 3.75. The summed E-state index contributed by atoms with van der Waals surface area (Å²) < 4.78 is 31.5. The molecule has 1 heterocycles. The van der Waals surface area contributed by atoms with Crippen LogP contribution in [-0.2, 0) is 19.6 Å². The Morgan fingerprint density at radius 3 is 2.18 bits per heavy atom. The van der Waals surface area contributed by atoms with Crippen molar-refractivity contribution in [1.82, 2.24) is 9.62 Å². The summed E-state index contributed by atoms with van der Waals surface area (Å²) in [5.74, 6) is -0.936. The molecule has 0 bridgehead atoms. The van der Waals surface area contributed by atoms with Crippen molar-refractivity contribution < 1.29 is 22.7 Å². The third-order valence-corrected chi connectivity index (χ3v) is 7.26. The lowest BCUT2D eigenvalue weighted by Crippen LogP contribution is -2.37. The lowest BCUT2D eigenvalue weighted by atomic mass is 10.1. The van der Waals surface area contributed by atoms with Gasteiger partial charge in [0, 0.05) is 19.1 Å². The van der Waals surface area contributed by atoms with Gasteiger partial charge >= 0.3 is 5.97 Å². The van der Waals surface area contributed by atoms with Gasteiger partial charge in [0.05, 0.1) is 10.5 Å². The Morgan fingerprint density at radius 1 is 0.964 bits per heavy atom. The predicted octanol–water partition coefficient (Wildman–Crippen LogP) is 2.47. The largest absolute Gasteiger partial charge is 0.452 e. The highest BCUT2D eigenvalue weighted by atomic mass is 32.2. The van der Waals surface area contributed by atoms with Gasteiger partial charge in [0.2, 0.25) is 10.0 Å². The quantitative estimate of drug-likeness (QED) is 0.577. The van der Waals surface area contributed by atoms with Crippen molar-refractivity contribution in [3.8, 4) is 0 Å². The second-order valence-corrected chi connectivity index (χ2v) is 9.41. The first-order valence-corrected chi connectivity index (χ1v) is 11.5. The van der Waals surface area contributed by atoms with Gasteiger partial charge in [-0.1, -0.05) is 25.7 Å². The highest BCUT2D eigenvalue weighted by Crippen LogP contribution is 2.21. The summed E-state index contributed by atoms with van der Waals surface area (Å²) in [5.41, 5.74) is 0.225. The molecule has 3 rings (SSSR count). The molecule has 1 amide bonds. The molecule has 7 nitrogen and oxygen atoms in total. The Labute approximate surface area is 166 Å². The number of sulfonamides is 1. The second kappa shape index (κ2) is 9.52. The number of carbonyl (C=O) groups excluding carboxylic acids is 2. The minimum atomic E-state index is -3.51. The van der Waals surface area contributed by atoms with Gasteiger partial charge in [-0.05, 0) is 49.9 Å². The maximum Gasteiger partial charge on any atom is 0.338 e. The molecule has 1 N–H and O–H groups in total. The lowest BCUT2D eigenvalue weighted by Gasteiger charge is -2.16. The Kier molecular flexibility index (Phi) is 7.07. The SMILES string of the molecule is O=C(COC(=O)c1ccc(S(=O)(=O)N2CCCC2)cc1)NC1CCCCCC1. The topological polar surface area (TPSA) is 92.8 Å². The standard InChI is InChI=1S/C20H28N2O5S/c23-19(21-17-7-3-1-2-4-8-17)15-27-20(24)16-9-11-18(12-10-16)28(25,26)22-13-5-6-14-22/h9-12,17H,1-8,13-15H2,(H,21,23). The Hall–Kier alpha value is -1.93. The Bertz CT molecular complexity index is 777. The zero-order valence-corrected chi connectivity index (χ0v) is 16.9. The molecule has 0 atom stereocenters. The molecule has 0 radical (unpaired) electrons. The van der Waals surface area contributed by atoms with E-state index in [1.165, 1.54) is 41.4 Å². The van der Waals surface area contributed by atoms with Gasteiger partial charge in [0.1, 0.15) is 0 Å². The molecule has 8 heteroatoms. The highest BCUT2D eigenvalue weighted by Gasteiger charge is 2.27. The minimum Gasteiger partial charge on any atom is -0.452 e. The summed E-state index contributed by atoms with van der Waals surface area (Å²) in [7, 11) is -3.51. The molecule has 2 fully saturated rings. The van der Waals surface area contributed by atoms with Crippen LogP contribution in [-0.4, -0.2) is 50.3 Å². The van der Waals surface area contributed by atoms with Crippen LogP contribution in [0.5, 0.6) is 0 Å². The van der Waals surface area contributed by atoms with Crippen molar-refractivity contribution in [2.24, 2.45) is 0 Å². The van der Waals surface area contributed by atoms with E-state index in [0.29, 0.717) is 13.1 Å². The Balaban J connectivity index is 1.51. The van der Waals surface area contributed by atoms with Crippen LogP contribution < -0.4 is 5.32 Å². The smallest absolute Gasteiger partial charge is 0.338 e. The first-order chi connectivity index (χ1) is 13.5. The summed E-state index contributed by atoms with van der Waals surface area (Å²) >= 11 is 0. The van der Waals surface area contributed by atoms with Crippen LogP contribution in [0.1, 0.15) is 61.7 Å². The molecule has 0 spiro atoms. The molecule has 0 unspecified atom stereocenters. The molecule has 0 aromatic heterocycles. The second-order valence-electron chi connectivity index (χ2n) is 7.47. The molecule has 28 heavy (non-hydrogen) atoms. The first kappa shape index (κ1) is 20.8. The van der Waals surface area contributed by atoms with Gasteiger partial charge in [-0.15, -0.1) is 0 Å². The summed E-state index contributed by atoms with van der Waals surface area (Å²) in [6, 6.07) is 5.83. The molecule has 1 aromatic carbocycles. The van der Waals surface area contributed by atoms with Gasteiger partial charge in [0.25, 0.3) is 5.91 Å². The minimum absolute atomic E-state index is 0.156. The number of ether oxygens (including phenoxy) is 1. The van der Waals surface area contributed by atoms with E-state index in [2.05, 4.69) is 5.32 Å². The lowest BCUT2D eigenvalue weighted by molar-refractivity contribution is -0.125. The number of nitrogens with zero attached hydrogens (tertiary/aromatic N) is 1. The number of esters is 1. The summed E-state index contributed by atoms with van der Waals surface area (Å²) in [6.45, 7) is 0.730. The van der Waals surface area contributed by atoms with Crippen LogP contribution in [0, 0.1) is 0 Å². The zero-order chi connectivity index (χ0) is 20.0. The normalized spacial score (nSPS) is 19.1. The van der Waals surface area contributed by atoms with Gasteiger partial charge in [-0.25, -0.2) is 13.2 Å². The van der Waals surface area contributed by atoms with E-state index in [1.54, 1.807) is 0 Å². The summed E-state index contributed by atoms with van der Waals surface area (Å²) in [5, 5.41) is 2.92.